The molecule has 2 N–H and O–H groups in total. The van der Waals surface area contributed by atoms with Crippen molar-refractivity contribution < 1.29 is 0 Å². The summed E-state index contributed by atoms with van der Waals surface area (Å²) in [7, 11) is 0. The molecule has 0 saturated heterocycles. The van der Waals surface area contributed by atoms with Gasteiger partial charge in [-0.3, -0.25) is 0 Å². The Balaban J connectivity index is 1.96. The number of nitrogens with two attached hydrogens (primary N) is 1. The lowest BCUT2D eigenvalue weighted by molar-refractivity contribution is 0.898. The summed E-state index contributed by atoms with van der Waals surface area (Å²) in [6, 6.07) is 13.1. The van der Waals surface area contributed by atoms with E-state index in [0.717, 1.165) is 17.3 Å². The molecule has 1 atom stereocenters. The quantitative estimate of drug-likeness (QED) is 0.709. The molecule has 1 aromatic heterocycles. The van der Waals surface area contributed by atoms with E-state index in [4.69, 9.17) is 5.73 Å². The third kappa shape index (κ3) is 1.77. The van der Waals surface area contributed by atoms with E-state index in [1.807, 2.05) is 0 Å². The van der Waals surface area contributed by atoms with Crippen LogP contribution in [0.15, 0.2) is 46.3 Å². The van der Waals surface area contributed by atoms with Crippen molar-refractivity contribution in [1.29, 1.82) is 0 Å². The van der Waals surface area contributed by atoms with Crippen LogP contribution in [-0.2, 0) is 12.8 Å². The summed E-state index contributed by atoms with van der Waals surface area (Å²) in [5.41, 5.74) is 10.7. The molecule has 0 bridgehead atoms. The molecular formula is C17H14BrNS. The fourth-order valence-electron chi connectivity index (χ4n) is 3.21. The van der Waals surface area contributed by atoms with Crippen molar-refractivity contribution in [3.63, 3.8) is 0 Å². The minimum absolute atomic E-state index is 0.0609. The van der Waals surface area contributed by atoms with Crippen molar-refractivity contribution in [3.8, 4) is 0 Å². The van der Waals surface area contributed by atoms with Crippen LogP contribution in [0, 0.1) is 0 Å². The van der Waals surface area contributed by atoms with Gasteiger partial charge >= 0.3 is 0 Å². The largest absolute Gasteiger partial charge is 0.320 e. The highest BCUT2D eigenvalue weighted by Gasteiger charge is 2.20. The van der Waals surface area contributed by atoms with Gasteiger partial charge in [-0.15, -0.1) is 11.3 Å². The Kier molecular flexibility index (Phi) is 2.95. The molecule has 0 spiro atoms. The fourth-order valence-corrected chi connectivity index (χ4v) is 4.85. The van der Waals surface area contributed by atoms with E-state index < -0.39 is 0 Å². The van der Waals surface area contributed by atoms with Gasteiger partial charge in [0.15, 0.2) is 0 Å². The molecule has 0 saturated carbocycles. The molecule has 1 aliphatic rings. The first-order chi connectivity index (χ1) is 9.75. The molecular weight excluding hydrogens is 330 g/mol. The van der Waals surface area contributed by atoms with Crippen molar-refractivity contribution >= 4 is 38.0 Å². The number of halogens is 1. The normalized spacial score (nSPS) is 14.9. The Hall–Kier alpha value is -1.16. The third-order valence-corrected chi connectivity index (χ3v) is 6.13. The molecule has 0 radical (unpaired) electrons. The summed E-state index contributed by atoms with van der Waals surface area (Å²) in [4.78, 5) is 1.20. The van der Waals surface area contributed by atoms with Gasteiger partial charge in [0.25, 0.3) is 0 Å². The second kappa shape index (κ2) is 4.69. The Morgan fingerprint density at radius 2 is 1.85 bits per heavy atom. The third-order valence-electron chi connectivity index (χ3n) is 4.17. The van der Waals surface area contributed by atoms with Gasteiger partial charge in [0, 0.05) is 9.35 Å². The zero-order valence-electron chi connectivity index (χ0n) is 10.9. The van der Waals surface area contributed by atoms with Gasteiger partial charge in [-0.05, 0) is 67.7 Å². The smallest absolute Gasteiger partial charge is 0.0663 e. The SMILES string of the molecule is NC(c1sccc1Br)c1ccc2c3c(cccc13)CC2. The van der Waals surface area contributed by atoms with Gasteiger partial charge in [-0.2, -0.15) is 0 Å². The Morgan fingerprint density at radius 3 is 2.60 bits per heavy atom. The van der Waals surface area contributed by atoms with Crippen LogP contribution in [0.5, 0.6) is 0 Å². The zero-order valence-corrected chi connectivity index (χ0v) is 13.3. The highest BCUT2D eigenvalue weighted by molar-refractivity contribution is 9.10. The number of hydrogen-bond acceptors (Lipinski definition) is 2. The average Bonchev–Trinajstić information content (AvgIpc) is 3.07. The molecule has 2 aromatic carbocycles. The summed E-state index contributed by atoms with van der Waals surface area (Å²) < 4.78 is 1.11. The molecule has 1 nitrogen and oxygen atoms in total. The number of aryl methyl sites for hydroxylation is 2. The van der Waals surface area contributed by atoms with E-state index in [2.05, 4.69) is 57.7 Å². The maximum atomic E-state index is 6.53. The van der Waals surface area contributed by atoms with E-state index >= 15 is 0 Å². The predicted octanol–water partition coefficient (Wildman–Crippen LogP) is 4.81. The summed E-state index contributed by atoms with van der Waals surface area (Å²) in [6.07, 6.45) is 2.32. The molecule has 100 valence electrons. The number of hydrogen-bond donors (Lipinski definition) is 1. The number of thiophene rings is 1. The Bertz CT molecular complexity index is 796. The number of benzene rings is 2. The van der Waals surface area contributed by atoms with Gasteiger partial charge in [0.2, 0.25) is 0 Å². The molecule has 20 heavy (non-hydrogen) atoms. The Morgan fingerprint density at radius 1 is 1.05 bits per heavy atom. The summed E-state index contributed by atoms with van der Waals surface area (Å²) in [6.45, 7) is 0. The predicted molar refractivity (Wildman–Crippen MR) is 89.4 cm³/mol. The molecule has 0 aliphatic heterocycles. The average molecular weight is 344 g/mol. The first kappa shape index (κ1) is 12.6. The molecule has 4 rings (SSSR count). The van der Waals surface area contributed by atoms with Crippen molar-refractivity contribution in [2.45, 2.75) is 18.9 Å². The second-order valence-electron chi connectivity index (χ2n) is 5.26. The Labute approximate surface area is 130 Å². The van der Waals surface area contributed by atoms with Crippen molar-refractivity contribution in [2.75, 3.05) is 0 Å². The first-order valence-electron chi connectivity index (χ1n) is 6.77. The van der Waals surface area contributed by atoms with E-state index in [1.165, 1.54) is 32.3 Å². The van der Waals surface area contributed by atoms with Crippen LogP contribution in [0.3, 0.4) is 0 Å². The van der Waals surface area contributed by atoms with Gasteiger partial charge in [0.1, 0.15) is 0 Å². The van der Waals surface area contributed by atoms with Gasteiger partial charge in [-0.1, -0.05) is 30.3 Å². The summed E-state index contributed by atoms with van der Waals surface area (Å²) in [5, 5.41) is 4.85. The van der Waals surface area contributed by atoms with Crippen LogP contribution in [0.25, 0.3) is 10.8 Å². The standard InChI is InChI=1S/C17H14BrNS/c18-14-8-9-20-17(14)16(19)13-7-6-11-5-4-10-2-1-3-12(13)15(10)11/h1-3,6-9,16H,4-5,19H2. The molecule has 0 amide bonds. The van der Waals surface area contributed by atoms with Crippen LogP contribution in [0.2, 0.25) is 0 Å². The molecule has 3 heteroatoms. The minimum Gasteiger partial charge on any atom is -0.320 e. The van der Waals surface area contributed by atoms with Gasteiger partial charge < -0.3 is 5.73 Å². The lowest BCUT2D eigenvalue weighted by atomic mass is 9.95. The van der Waals surface area contributed by atoms with Gasteiger partial charge in [-0.25, -0.2) is 0 Å². The highest BCUT2D eigenvalue weighted by atomic mass is 79.9. The lowest BCUT2D eigenvalue weighted by Crippen LogP contribution is -2.11. The summed E-state index contributed by atoms with van der Waals surface area (Å²) >= 11 is 5.31. The van der Waals surface area contributed by atoms with Crippen LogP contribution in [0.4, 0.5) is 0 Å². The molecule has 3 aromatic rings. The van der Waals surface area contributed by atoms with Crippen molar-refractivity contribution in [1.82, 2.24) is 0 Å². The second-order valence-corrected chi connectivity index (χ2v) is 7.07. The van der Waals surface area contributed by atoms with E-state index in [0.29, 0.717) is 0 Å². The van der Waals surface area contributed by atoms with Crippen LogP contribution >= 0.6 is 27.3 Å². The molecule has 1 aliphatic carbocycles. The maximum absolute atomic E-state index is 6.53. The monoisotopic (exact) mass is 343 g/mol. The topological polar surface area (TPSA) is 26.0 Å². The minimum atomic E-state index is -0.0609. The number of rotatable bonds is 2. The van der Waals surface area contributed by atoms with Crippen molar-refractivity contribution in [2.24, 2.45) is 5.73 Å². The highest BCUT2D eigenvalue weighted by Crippen LogP contribution is 2.38. The van der Waals surface area contributed by atoms with Gasteiger partial charge in [0.05, 0.1) is 6.04 Å². The first-order valence-corrected chi connectivity index (χ1v) is 8.45. The van der Waals surface area contributed by atoms with Crippen LogP contribution < -0.4 is 5.73 Å². The van der Waals surface area contributed by atoms with Crippen molar-refractivity contribution in [3.05, 3.63) is 67.8 Å². The maximum Gasteiger partial charge on any atom is 0.0663 e. The molecule has 0 fully saturated rings. The summed E-state index contributed by atoms with van der Waals surface area (Å²) in [5.74, 6) is 0. The molecule has 1 heterocycles. The lowest BCUT2D eigenvalue weighted by Gasteiger charge is -2.15. The van der Waals surface area contributed by atoms with Crippen LogP contribution in [-0.4, -0.2) is 0 Å². The zero-order chi connectivity index (χ0) is 13.7. The fraction of sp³-hybridized carbons (Fsp3) is 0.176. The van der Waals surface area contributed by atoms with E-state index in [-0.39, 0.29) is 6.04 Å². The van der Waals surface area contributed by atoms with E-state index in [9.17, 15) is 0 Å². The van der Waals surface area contributed by atoms with E-state index in [1.54, 1.807) is 11.3 Å². The van der Waals surface area contributed by atoms with Crippen LogP contribution in [0.1, 0.15) is 27.6 Å². The molecule has 1 unspecified atom stereocenters.